The van der Waals surface area contributed by atoms with E-state index in [9.17, 15) is 19.8 Å². The Balaban J connectivity index is 0.00000312. The van der Waals surface area contributed by atoms with Gasteiger partial charge in [-0.05, 0) is 30.3 Å². The van der Waals surface area contributed by atoms with Crippen molar-refractivity contribution in [3.05, 3.63) is 53.6 Å². The molecule has 0 radical (unpaired) electrons. The molecule has 0 aromatic heterocycles. The van der Waals surface area contributed by atoms with Crippen molar-refractivity contribution in [2.75, 3.05) is 20.2 Å². The summed E-state index contributed by atoms with van der Waals surface area (Å²) < 4.78 is 4.94. The fourth-order valence-corrected chi connectivity index (χ4v) is 2.03. The standard InChI is InChI=1S/C17H18N2O5.ClH/c1-24-15-10-11(6-7-14(15)21)16(22)18-8-9-19-17(23)12-4-2-3-5-13(12)20;/h2-7,10,20-21H,8-9H2,1H3,(H,18,22)(H,19,23);1H. The van der Waals surface area contributed by atoms with Crippen molar-refractivity contribution in [1.29, 1.82) is 0 Å². The van der Waals surface area contributed by atoms with Crippen molar-refractivity contribution in [1.82, 2.24) is 10.6 Å². The van der Waals surface area contributed by atoms with Gasteiger partial charge in [-0.15, -0.1) is 12.4 Å². The van der Waals surface area contributed by atoms with Crippen molar-refractivity contribution >= 4 is 24.2 Å². The number of rotatable bonds is 6. The summed E-state index contributed by atoms with van der Waals surface area (Å²) in [7, 11) is 1.39. The van der Waals surface area contributed by atoms with E-state index in [4.69, 9.17) is 4.74 Å². The highest BCUT2D eigenvalue weighted by molar-refractivity contribution is 5.97. The number of methoxy groups -OCH3 is 1. The number of aromatic hydroxyl groups is 2. The molecule has 0 fully saturated rings. The van der Waals surface area contributed by atoms with Crippen LogP contribution in [0, 0.1) is 0 Å². The second kappa shape index (κ2) is 9.39. The predicted molar refractivity (Wildman–Crippen MR) is 94.7 cm³/mol. The fraction of sp³-hybridized carbons (Fsp3) is 0.176. The largest absolute Gasteiger partial charge is 0.507 e. The minimum Gasteiger partial charge on any atom is -0.507 e. The molecule has 2 aromatic rings. The van der Waals surface area contributed by atoms with E-state index in [1.54, 1.807) is 12.1 Å². The van der Waals surface area contributed by atoms with Gasteiger partial charge >= 0.3 is 0 Å². The molecule has 0 aliphatic carbocycles. The molecule has 0 aliphatic rings. The molecule has 25 heavy (non-hydrogen) atoms. The van der Waals surface area contributed by atoms with Crippen molar-refractivity contribution in [3.63, 3.8) is 0 Å². The molecular formula is C17H19ClN2O5. The molecule has 7 nitrogen and oxygen atoms in total. The van der Waals surface area contributed by atoms with Crippen LogP contribution in [0.5, 0.6) is 17.2 Å². The highest BCUT2D eigenvalue weighted by Crippen LogP contribution is 2.26. The zero-order chi connectivity index (χ0) is 17.5. The lowest BCUT2D eigenvalue weighted by atomic mass is 10.2. The SMILES string of the molecule is COc1cc(C(=O)NCCNC(=O)c2ccccc2O)ccc1O.Cl. The number of carbonyl (C=O) groups is 2. The summed E-state index contributed by atoms with van der Waals surface area (Å²) in [4.78, 5) is 23.9. The van der Waals surface area contributed by atoms with E-state index >= 15 is 0 Å². The van der Waals surface area contributed by atoms with E-state index < -0.39 is 5.91 Å². The molecule has 2 amide bonds. The summed E-state index contributed by atoms with van der Waals surface area (Å²) in [6.45, 7) is 0.412. The molecule has 134 valence electrons. The molecule has 0 unspecified atom stereocenters. The summed E-state index contributed by atoms with van der Waals surface area (Å²) in [6, 6.07) is 10.5. The van der Waals surface area contributed by atoms with E-state index in [1.165, 1.54) is 37.4 Å². The number of phenolic OH excluding ortho intramolecular Hbond substituents is 2. The normalized spacial score (nSPS) is 9.64. The van der Waals surface area contributed by atoms with Gasteiger partial charge in [0.2, 0.25) is 0 Å². The number of amides is 2. The summed E-state index contributed by atoms with van der Waals surface area (Å²) >= 11 is 0. The summed E-state index contributed by atoms with van der Waals surface area (Å²) in [5.74, 6) is -0.728. The lowest BCUT2D eigenvalue weighted by molar-refractivity contribution is 0.0926. The maximum Gasteiger partial charge on any atom is 0.255 e. The van der Waals surface area contributed by atoms with Gasteiger partial charge in [0.25, 0.3) is 11.8 Å². The molecule has 8 heteroatoms. The Hall–Kier alpha value is -2.93. The van der Waals surface area contributed by atoms with E-state index in [-0.39, 0.29) is 54.2 Å². The smallest absolute Gasteiger partial charge is 0.255 e. The first-order valence-electron chi connectivity index (χ1n) is 7.24. The van der Waals surface area contributed by atoms with Crippen LogP contribution in [0.3, 0.4) is 0 Å². The third-order valence-electron chi connectivity index (χ3n) is 3.29. The minimum absolute atomic E-state index is 0. The zero-order valence-corrected chi connectivity index (χ0v) is 14.3. The second-order valence-corrected chi connectivity index (χ2v) is 4.92. The van der Waals surface area contributed by atoms with Crippen molar-refractivity contribution < 1.29 is 24.5 Å². The average Bonchev–Trinajstić information content (AvgIpc) is 2.59. The van der Waals surface area contributed by atoms with Crippen LogP contribution < -0.4 is 15.4 Å². The van der Waals surface area contributed by atoms with Gasteiger partial charge < -0.3 is 25.6 Å². The van der Waals surface area contributed by atoms with Gasteiger partial charge in [-0.25, -0.2) is 0 Å². The number of hydrogen-bond donors (Lipinski definition) is 4. The Bertz CT molecular complexity index is 752. The van der Waals surface area contributed by atoms with Crippen LogP contribution >= 0.6 is 12.4 Å². The van der Waals surface area contributed by atoms with E-state index in [0.717, 1.165) is 0 Å². The highest BCUT2D eigenvalue weighted by atomic mass is 35.5. The van der Waals surface area contributed by atoms with Gasteiger partial charge in [0.15, 0.2) is 11.5 Å². The highest BCUT2D eigenvalue weighted by Gasteiger charge is 2.11. The number of ether oxygens (including phenoxy) is 1. The van der Waals surface area contributed by atoms with Crippen LogP contribution in [0.1, 0.15) is 20.7 Å². The van der Waals surface area contributed by atoms with Crippen LogP contribution in [-0.2, 0) is 0 Å². The lowest BCUT2D eigenvalue weighted by Gasteiger charge is -2.09. The van der Waals surface area contributed by atoms with Gasteiger partial charge in [0.05, 0.1) is 12.7 Å². The number of carbonyl (C=O) groups excluding carboxylic acids is 2. The summed E-state index contributed by atoms with van der Waals surface area (Å²) in [6.07, 6.45) is 0. The zero-order valence-electron chi connectivity index (χ0n) is 13.5. The molecule has 0 heterocycles. The molecule has 2 rings (SSSR count). The first kappa shape index (κ1) is 20.1. The first-order chi connectivity index (χ1) is 11.5. The number of benzene rings is 2. The molecule has 0 bridgehead atoms. The van der Waals surface area contributed by atoms with E-state index in [2.05, 4.69) is 10.6 Å². The minimum atomic E-state index is -0.423. The third kappa shape index (κ3) is 5.29. The van der Waals surface area contributed by atoms with Crippen molar-refractivity contribution in [3.8, 4) is 17.2 Å². The average molecular weight is 367 g/mol. The second-order valence-electron chi connectivity index (χ2n) is 4.92. The van der Waals surface area contributed by atoms with Crippen LogP contribution in [0.4, 0.5) is 0 Å². The predicted octanol–water partition coefficient (Wildman–Crippen LogP) is 1.69. The fourth-order valence-electron chi connectivity index (χ4n) is 2.03. The monoisotopic (exact) mass is 366 g/mol. The molecule has 0 saturated carbocycles. The molecule has 0 spiro atoms. The molecule has 0 saturated heterocycles. The third-order valence-corrected chi connectivity index (χ3v) is 3.29. The Morgan fingerprint density at radius 1 is 0.960 bits per heavy atom. The van der Waals surface area contributed by atoms with E-state index in [1.807, 2.05) is 0 Å². The van der Waals surface area contributed by atoms with Gasteiger partial charge in [0, 0.05) is 18.7 Å². The van der Waals surface area contributed by atoms with E-state index in [0.29, 0.717) is 5.56 Å². The molecule has 4 N–H and O–H groups in total. The van der Waals surface area contributed by atoms with Gasteiger partial charge in [-0.2, -0.15) is 0 Å². The molecule has 2 aromatic carbocycles. The number of phenols is 2. The van der Waals surface area contributed by atoms with Gasteiger partial charge in [-0.3, -0.25) is 9.59 Å². The quantitative estimate of drug-likeness (QED) is 0.582. The van der Waals surface area contributed by atoms with Crippen LogP contribution in [0.15, 0.2) is 42.5 Å². The number of para-hydroxylation sites is 1. The van der Waals surface area contributed by atoms with Crippen molar-refractivity contribution in [2.24, 2.45) is 0 Å². The topological polar surface area (TPSA) is 108 Å². The van der Waals surface area contributed by atoms with Crippen LogP contribution in [-0.4, -0.2) is 42.2 Å². The van der Waals surface area contributed by atoms with Crippen molar-refractivity contribution in [2.45, 2.75) is 0 Å². The molecule has 0 atom stereocenters. The Labute approximate surface area is 151 Å². The molecular weight excluding hydrogens is 348 g/mol. The first-order valence-corrected chi connectivity index (χ1v) is 7.24. The van der Waals surface area contributed by atoms with Crippen LogP contribution in [0.2, 0.25) is 0 Å². The summed E-state index contributed by atoms with van der Waals surface area (Å²) in [5, 5.41) is 24.3. The Morgan fingerprint density at radius 2 is 1.60 bits per heavy atom. The number of hydrogen-bond acceptors (Lipinski definition) is 5. The number of halogens is 1. The van der Waals surface area contributed by atoms with Gasteiger partial charge in [0.1, 0.15) is 5.75 Å². The Kier molecular flexibility index (Phi) is 7.55. The van der Waals surface area contributed by atoms with Gasteiger partial charge in [-0.1, -0.05) is 12.1 Å². The maximum absolute atomic E-state index is 12.0. The summed E-state index contributed by atoms with van der Waals surface area (Å²) in [5.41, 5.74) is 0.503. The Morgan fingerprint density at radius 3 is 2.24 bits per heavy atom. The van der Waals surface area contributed by atoms with Crippen LogP contribution in [0.25, 0.3) is 0 Å². The lowest BCUT2D eigenvalue weighted by Crippen LogP contribution is -2.34. The maximum atomic E-state index is 12.0. The molecule has 0 aliphatic heterocycles. The number of nitrogens with one attached hydrogen (secondary N) is 2.